The number of aliphatic hydroxyl groups excluding tert-OH is 1. The van der Waals surface area contributed by atoms with Gasteiger partial charge in [0.05, 0.1) is 10.0 Å². The number of benzene rings is 1. The second-order valence-electron chi connectivity index (χ2n) is 5.29. The van der Waals surface area contributed by atoms with Crippen molar-refractivity contribution in [3.8, 4) is 5.75 Å². The normalized spacial score (nSPS) is 14.2. The minimum Gasteiger partial charge on any atom is -0.488 e. The molecule has 0 aromatic heterocycles. The van der Waals surface area contributed by atoms with E-state index in [4.69, 9.17) is 27.9 Å². The van der Waals surface area contributed by atoms with E-state index in [9.17, 15) is 5.11 Å². The molecule has 1 rings (SSSR count). The number of rotatable bonds is 9. The van der Waals surface area contributed by atoms with Crippen molar-refractivity contribution in [1.29, 1.82) is 0 Å². The van der Waals surface area contributed by atoms with Crippen molar-refractivity contribution in [2.24, 2.45) is 5.92 Å². The number of hydrogen-bond acceptors (Lipinski definition) is 3. The van der Waals surface area contributed by atoms with Crippen molar-refractivity contribution in [3.05, 3.63) is 28.2 Å². The van der Waals surface area contributed by atoms with Gasteiger partial charge in [-0.15, -0.1) is 0 Å². The standard InChI is InChI=1S/C16H25Cl2NO2/c1-4-12(5-2)11(3)19-9-13(20)10-21-16-14(17)7-6-8-15(16)18/h6-8,11-13,19-20H,4-5,9-10H2,1-3H3. The van der Waals surface area contributed by atoms with Crippen LogP contribution >= 0.6 is 23.2 Å². The van der Waals surface area contributed by atoms with Gasteiger partial charge in [0.25, 0.3) is 0 Å². The van der Waals surface area contributed by atoms with Crippen LogP contribution < -0.4 is 10.1 Å². The Morgan fingerprint density at radius 2 is 1.76 bits per heavy atom. The molecule has 0 spiro atoms. The van der Waals surface area contributed by atoms with Gasteiger partial charge < -0.3 is 15.2 Å². The Labute approximate surface area is 137 Å². The van der Waals surface area contributed by atoms with Crippen LogP contribution in [-0.4, -0.2) is 30.4 Å². The lowest BCUT2D eigenvalue weighted by atomic mass is 9.95. The van der Waals surface area contributed by atoms with Crippen molar-refractivity contribution in [2.75, 3.05) is 13.2 Å². The number of nitrogens with one attached hydrogen (secondary N) is 1. The molecule has 0 heterocycles. The number of para-hydroxylation sites is 1. The summed E-state index contributed by atoms with van der Waals surface area (Å²) in [5, 5.41) is 14.3. The van der Waals surface area contributed by atoms with Crippen LogP contribution in [0.2, 0.25) is 10.0 Å². The summed E-state index contributed by atoms with van der Waals surface area (Å²) in [4.78, 5) is 0. The minimum absolute atomic E-state index is 0.159. The molecule has 0 aliphatic heterocycles. The van der Waals surface area contributed by atoms with Crippen LogP contribution in [0.4, 0.5) is 0 Å². The second kappa shape index (κ2) is 9.52. The fraction of sp³-hybridized carbons (Fsp3) is 0.625. The molecule has 3 nitrogen and oxygen atoms in total. The SMILES string of the molecule is CCC(CC)C(C)NCC(O)COc1c(Cl)cccc1Cl. The molecule has 1 aromatic rings. The Morgan fingerprint density at radius 1 is 1.19 bits per heavy atom. The van der Waals surface area contributed by atoms with E-state index in [0.29, 0.717) is 34.3 Å². The van der Waals surface area contributed by atoms with Gasteiger partial charge in [0.2, 0.25) is 0 Å². The average molecular weight is 334 g/mol. The van der Waals surface area contributed by atoms with Gasteiger partial charge in [-0.05, 0) is 25.0 Å². The average Bonchev–Trinajstić information content (AvgIpc) is 2.46. The van der Waals surface area contributed by atoms with E-state index in [-0.39, 0.29) is 6.61 Å². The number of ether oxygens (including phenoxy) is 1. The van der Waals surface area contributed by atoms with Crippen LogP contribution in [0.15, 0.2) is 18.2 Å². The monoisotopic (exact) mass is 333 g/mol. The molecule has 2 unspecified atom stereocenters. The summed E-state index contributed by atoms with van der Waals surface area (Å²) in [6.07, 6.45) is 1.66. The molecular weight excluding hydrogens is 309 g/mol. The molecule has 0 radical (unpaired) electrons. The molecule has 0 fully saturated rings. The molecular formula is C16H25Cl2NO2. The zero-order chi connectivity index (χ0) is 15.8. The van der Waals surface area contributed by atoms with Crippen LogP contribution in [0, 0.1) is 5.92 Å². The van der Waals surface area contributed by atoms with E-state index >= 15 is 0 Å². The predicted octanol–water partition coefficient (Wildman–Crippen LogP) is 4.15. The summed E-state index contributed by atoms with van der Waals surface area (Å²) in [6, 6.07) is 5.55. The maximum absolute atomic E-state index is 9.99. The van der Waals surface area contributed by atoms with E-state index in [1.54, 1.807) is 18.2 Å². The van der Waals surface area contributed by atoms with Gasteiger partial charge in [0.15, 0.2) is 5.75 Å². The lowest BCUT2D eigenvalue weighted by Crippen LogP contribution is -2.40. The molecule has 0 amide bonds. The lowest BCUT2D eigenvalue weighted by Gasteiger charge is -2.24. The highest BCUT2D eigenvalue weighted by atomic mass is 35.5. The van der Waals surface area contributed by atoms with Gasteiger partial charge in [0.1, 0.15) is 12.7 Å². The summed E-state index contributed by atoms with van der Waals surface area (Å²) in [5.74, 6) is 1.05. The van der Waals surface area contributed by atoms with Crippen molar-refractivity contribution >= 4 is 23.2 Å². The first-order valence-corrected chi connectivity index (χ1v) is 8.23. The van der Waals surface area contributed by atoms with Crippen molar-refractivity contribution in [1.82, 2.24) is 5.32 Å². The van der Waals surface area contributed by atoms with Gasteiger partial charge in [-0.2, -0.15) is 0 Å². The Balaban J connectivity index is 2.39. The number of aliphatic hydroxyl groups is 1. The first kappa shape index (κ1) is 18.6. The molecule has 0 aliphatic carbocycles. The van der Waals surface area contributed by atoms with Crippen LogP contribution in [-0.2, 0) is 0 Å². The third kappa shape index (κ3) is 6.03. The largest absolute Gasteiger partial charge is 0.488 e. The smallest absolute Gasteiger partial charge is 0.156 e. The molecule has 2 N–H and O–H groups in total. The molecule has 5 heteroatoms. The molecule has 0 saturated carbocycles. The molecule has 0 bridgehead atoms. The summed E-state index contributed by atoms with van der Waals surface area (Å²) in [6.45, 7) is 7.17. The van der Waals surface area contributed by atoms with Crippen LogP contribution in [0.3, 0.4) is 0 Å². The van der Waals surface area contributed by atoms with Gasteiger partial charge in [-0.1, -0.05) is 56.0 Å². The van der Waals surface area contributed by atoms with E-state index in [2.05, 4.69) is 26.1 Å². The third-order valence-corrected chi connectivity index (χ3v) is 4.37. The highest BCUT2D eigenvalue weighted by Gasteiger charge is 2.15. The molecule has 21 heavy (non-hydrogen) atoms. The van der Waals surface area contributed by atoms with Gasteiger partial charge in [0, 0.05) is 12.6 Å². The predicted molar refractivity (Wildman–Crippen MR) is 89.5 cm³/mol. The number of halogens is 2. The topological polar surface area (TPSA) is 41.5 Å². The second-order valence-corrected chi connectivity index (χ2v) is 6.10. The summed E-state index contributed by atoms with van der Waals surface area (Å²) in [5.41, 5.74) is 0. The summed E-state index contributed by atoms with van der Waals surface area (Å²) in [7, 11) is 0. The molecule has 1 aromatic carbocycles. The highest BCUT2D eigenvalue weighted by Crippen LogP contribution is 2.32. The zero-order valence-electron chi connectivity index (χ0n) is 12.9. The first-order chi connectivity index (χ1) is 9.99. The van der Waals surface area contributed by atoms with E-state index in [1.807, 2.05) is 0 Å². The molecule has 120 valence electrons. The van der Waals surface area contributed by atoms with Gasteiger partial charge >= 0.3 is 0 Å². The lowest BCUT2D eigenvalue weighted by molar-refractivity contribution is 0.101. The Morgan fingerprint density at radius 3 is 2.29 bits per heavy atom. The molecule has 0 saturated heterocycles. The van der Waals surface area contributed by atoms with Gasteiger partial charge in [-0.25, -0.2) is 0 Å². The number of hydrogen-bond donors (Lipinski definition) is 2. The van der Waals surface area contributed by atoms with Crippen molar-refractivity contribution in [2.45, 2.75) is 45.8 Å². The van der Waals surface area contributed by atoms with Crippen LogP contribution in [0.1, 0.15) is 33.6 Å². The molecule has 2 atom stereocenters. The third-order valence-electron chi connectivity index (χ3n) is 3.77. The van der Waals surface area contributed by atoms with Crippen LogP contribution in [0.25, 0.3) is 0 Å². The Bertz CT molecular complexity index is 404. The summed E-state index contributed by atoms with van der Waals surface area (Å²) >= 11 is 12.0. The Hall–Kier alpha value is -0.480. The fourth-order valence-electron chi connectivity index (χ4n) is 2.34. The summed E-state index contributed by atoms with van der Waals surface area (Å²) < 4.78 is 5.52. The quantitative estimate of drug-likeness (QED) is 0.713. The van der Waals surface area contributed by atoms with Gasteiger partial charge in [-0.3, -0.25) is 0 Å². The van der Waals surface area contributed by atoms with Crippen molar-refractivity contribution in [3.63, 3.8) is 0 Å². The van der Waals surface area contributed by atoms with E-state index < -0.39 is 6.10 Å². The fourth-order valence-corrected chi connectivity index (χ4v) is 2.85. The van der Waals surface area contributed by atoms with Crippen molar-refractivity contribution < 1.29 is 9.84 Å². The maximum atomic E-state index is 9.99. The zero-order valence-corrected chi connectivity index (χ0v) is 14.4. The van der Waals surface area contributed by atoms with E-state index in [1.165, 1.54) is 0 Å². The van der Waals surface area contributed by atoms with Crippen LogP contribution in [0.5, 0.6) is 5.75 Å². The highest BCUT2D eigenvalue weighted by molar-refractivity contribution is 6.37. The van der Waals surface area contributed by atoms with E-state index in [0.717, 1.165) is 12.8 Å². The molecule has 0 aliphatic rings. The first-order valence-electron chi connectivity index (χ1n) is 7.47. The Kier molecular flexibility index (Phi) is 8.42. The minimum atomic E-state index is -0.603. The maximum Gasteiger partial charge on any atom is 0.156 e.